The van der Waals surface area contributed by atoms with E-state index in [0.717, 1.165) is 19.1 Å². The van der Waals surface area contributed by atoms with E-state index in [1.165, 1.54) is 43.5 Å². The summed E-state index contributed by atoms with van der Waals surface area (Å²) in [7, 11) is 0. The van der Waals surface area contributed by atoms with Crippen molar-refractivity contribution in [3.05, 3.63) is 46.7 Å². The van der Waals surface area contributed by atoms with Gasteiger partial charge in [0.2, 0.25) is 0 Å². The van der Waals surface area contributed by atoms with E-state index in [4.69, 9.17) is 0 Å². The van der Waals surface area contributed by atoms with Gasteiger partial charge in [0.25, 0.3) is 0 Å². The molecule has 2 aliphatic rings. The normalized spacial score (nSPS) is 23.0. The highest BCUT2D eigenvalue weighted by Crippen LogP contribution is 2.56. The van der Waals surface area contributed by atoms with Gasteiger partial charge in [0, 0.05) is 37.1 Å². The van der Waals surface area contributed by atoms with Crippen LogP contribution in [0.5, 0.6) is 0 Å². The van der Waals surface area contributed by atoms with Crippen LogP contribution in [-0.4, -0.2) is 34.0 Å². The summed E-state index contributed by atoms with van der Waals surface area (Å²) in [6.45, 7) is 4.35. The molecule has 0 aromatic carbocycles. The lowest BCUT2D eigenvalue weighted by Crippen LogP contribution is -2.35. The Bertz CT molecular complexity index is 592. The zero-order valence-corrected chi connectivity index (χ0v) is 13.6. The van der Waals surface area contributed by atoms with E-state index in [0.29, 0.717) is 5.41 Å². The molecule has 1 atom stereocenters. The molecule has 116 valence electrons. The summed E-state index contributed by atoms with van der Waals surface area (Å²) in [4.78, 5) is 11.0. The fraction of sp³-hybridized carbons (Fsp3) is 0.529. The Kier molecular flexibility index (Phi) is 3.94. The number of piperidine rings is 1. The van der Waals surface area contributed by atoms with Crippen LogP contribution in [0.2, 0.25) is 0 Å². The molecule has 1 saturated carbocycles. The van der Waals surface area contributed by atoms with Gasteiger partial charge in [-0.2, -0.15) is 11.3 Å². The monoisotopic (exact) mass is 314 g/mol. The molecule has 1 aliphatic heterocycles. The van der Waals surface area contributed by atoms with E-state index in [9.17, 15) is 0 Å². The Balaban J connectivity index is 1.51. The van der Waals surface area contributed by atoms with Gasteiger partial charge in [0.05, 0.1) is 0 Å². The largest absolute Gasteiger partial charge is 0.317 e. The maximum atomic E-state index is 4.17. The van der Waals surface area contributed by atoms with Crippen molar-refractivity contribution >= 4 is 11.3 Å². The summed E-state index contributed by atoms with van der Waals surface area (Å²) >= 11 is 1.79. The second-order valence-corrected chi connectivity index (χ2v) is 7.40. The molecule has 1 spiro atoms. The Morgan fingerprint density at radius 3 is 2.68 bits per heavy atom. The first kappa shape index (κ1) is 14.3. The highest BCUT2D eigenvalue weighted by Gasteiger charge is 2.56. The van der Waals surface area contributed by atoms with Crippen molar-refractivity contribution in [2.75, 3.05) is 13.1 Å². The van der Waals surface area contributed by atoms with Gasteiger partial charge in [-0.05, 0) is 60.2 Å². The standard InChI is InChI=1S/C17H22N4S/c1-6-22-12-14(1)10-21(11-15-8-19-13-20-9-15)16-7-17(16)2-4-18-5-3-17/h1,6,8-9,12-13,16,18H,2-5,7,10-11H2/t16-/m1/s1. The fourth-order valence-electron chi connectivity index (χ4n) is 3.84. The number of nitrogens with zero attached hydrogens (tertiary/aromatic N) is 3. The van der Waals surface area contributed by atoms with Gasteiger partial charge in [-0.3, -0.25) is 4.90 Å². The van der Waals surface area contributed by atoms with Gasteiger partial charge in [-0.25, -0.2) is 9.97 Å². The fourth-order valence-corrected chi connectivity index (χ4v) is 4.50. The Morgan fingerprint density at radius 2 is 1.95 bits per heavy atom. The zero-order valence-electron chi connectivity index (χ0n) is 12.7. The first-order chi connectivity index (χ1) is 10.9. The van der Waals surface area contributed by atoms with Crippen molar-refractivity contribution in [1.29, 1.82) is 0 Å². The maximum absolute atomic E-state index is 4.17. The zero-order chi connectivity index (χ0) is 14.8. The first-order valence-electron chi connectivity index (χ1n) is 8.05. The number of thiophene rings is 1. The van der Waals surface area contributed by atoms with Gasteiger partial charge >= 0.3 is 0 Å². The quantitative estimate of drug-likeness (QED) is 0.921. The highest BCUT2D eigenvalue weighted by molar-refractivity contribution is 7.07. The predicted octanol–water partition coefficient (Wildman–Crippen LogP) is 2.68. The van der Waals surface area contributed by atoms with Gasteiger partial charge in [0.1, 0.15) is 6.33 Å². The highest BCUT2D eigenvalue weighted by atomic mass is 32.1. The topological polar surface area (TPSA) is 41.1 Å². The summed E-state index contributed by atoms with van der Waals surface area (Å²) in [6, 6.07) is 2.96. The van der Waals surface area contributed by atoms with Crippen LogP contribution in [0.25, 0.3) is 0 Å². The summed E-state index contributed by atoms with van der Waals surface area (Å²) < 4.78 is 0. The molecule has 22 heavy (non-hydrogen) atoms. The second-order valence-electron chi connectivity index (χ2n) is 6.62. The molecule has 2 aromatic heterocycles. The van der Waals surface area contributed by atoms with E-state index < -0.39 is 0 Å². The van der Waals surface area contributed by atoms with Gasteiger partial charge < -0.3 is 5.32 Å². The molecule has 1 saturated heterocycles. The predicted molar refractivity (Wildman–Crippen MR) is 88.5 cm³/mol. The van der Waals surface area contributed by atoms with Gasteiger partial charge in [-0.15, -0.1) is 0 Å². The minimum Gasteiger partial charge on any atom is -0.317 e. The third kappa shape index (κ3) is 2.93. The second kappa shape index (κ2) is 6.07. The van der Waals surface area contributed by atoms with E-state index >= 15 is 0 Å². The third-order valence-electron chi connectivity index (χ3n) is 5.15. The molecule has 1 N–H and O–H groups in total. The van der Waals surface area contributed by atoms with Crippen LogP contribution in [-0.2, 0) is 13.1 Å². The third-order valence-corrected chi connectivity index (χ3v) is 5.88. The molecule has 4 rings (SSSR count). The molecule has 1 aliphatic carbocycles. The number of rotatable bonds is 5. The van der Waals surface area contributed by atoms with Crippen molar-refractivity contribution in [2.24, 2.45) is 5.41 Å². The van der Waals surface area contributed by atoms with Crippen LogP contribution in [0.1, 0.15) is 30.4 Å². The average Bonchev–Trinajstić information content (AvgIpc) is 2.99. The molecule has 0 amide bonds. The number of hydrogen-bond donors (Lipinski definition) is 1. The maximum Gasteiger partial charge on any atom is 0.115 e. The van der Waals surface area contributed by atoms with Crippen molar-refractivity contribution in [3.8, 4) is 0 Å². The molecule has 0 radical (unpaired) electrons. The smallest absolute Gasteiger partial charge is 0.115 e. The molecular formula is C17H22N4S. The number of nitrogens with one attached hydrogen (secondary N) is 1. The lowest BCUT2D eigenvalue weighted by Gasteiger charge is -2.29. The molecule has 3 heterocycles. The van der Waals surface area contributed by atoms with E-state index in [1.54, 1.807) is 17.7 Å². The van der Waals surface area contributed by atoms with Crippen LogP contribution in [0.4, 0.5) is 0 Å². The minimum atomic E-state index is 0.566. The first-order valence-corrected chi connectivity index (χ1v) is 9.00. The van der Waals surface area contributed by atoms with Crippen LogP contribution in [0, 0.1) is 5.41 Å². The van der Waals surface area contributed by atoms with E-state index in [-0.39, 0.29) is 0 Å². The summed E-state index contributed by atoms with van der Waals surface area (Å²) in [5, 5.41) is 7.94. The molecule has 0 bridgehead atoms. The van der Waals surface area contributed by atoms with Crippen LogP contribution in [0.3, 0.4) is 0 Å². The Hall–Kier alpha value is -1.30. The minimum absolute atomic E-state index is 0.566. The van der Waals surface area contributed by atoms with Crippen LogP contribution < -0.4 is 5.32 Å². The molecule has 2 fully saturated rings. The van der Waals surface area contributed by atoms with Crippen molar-refractivity contribution < 1.29 is 0 Å². The average molecular weight is 314 g/mol. The van der Waals surface area contributed by atoms with Crippen LogP contribution >= 0.6 is 11.3 Å². The van der Waals surface area contributed by atoms with Gasteiger partial charge in [-0.1, -0.05) is 0 Å². The molecule has 0 unspecified atom stereocenters. The molecular weight excluding hydrogens is 292 g/mol. The van der Waals surface area contributed by atoms with Crippen molar-refractivity contribution in [3.63, 3.8) is 0 Å². The van der Waals surface area contributed by atoms with Gasteiger partial charge in [0.15, 0.2) is 0 Å². The molecule has 5 heteroatoms. The van der Waals surface area contributed by atoms with Crippen molar-refractivity contribution in [1.82, 2.24) is 20.2 Å². The number of aromatic nitrogens is 2. The summed E-state index contributed by atoms with van der Waals surface area (Å²) in [5.41, 5.74) is 3.21. The summed E-state index contributed by atoms with van der Waals surface area (Å²) in [5.74, 6) is 0. The molecule has 4 nitrogen and oxygen atoms in total. The Morgan fingerprint density at radius 1 is 1.18 bits per heavy atom. The van der Waals surface area contributed by atoms with Crippen LogP contribution in [0.15, 0.2) is 35.5 Å². The number of hydrogen-bond acceptors (Lipinski definition) is 5. The van der Waals surface area contributed by atoms with E-state index in [1.807, 2.05) is 12.4 Å². The van der Waals surface area contributed by atoms with E-state index in [2.05, 4.69) is 37.0 Å². The van der Waals surface area contributed by atoms with Crippen molar-refractivity contribution in [2.45, 2.75) is 38.4 Å². The molecule has 2 aromatic rings. The lowest BCUT2D eigenvalue weighted by atomic mass is 9.93. The lowest BCUT2D eigenvalue weighted by molar-refractivity contribution is 0.188. The summed E-state index contributed by atoms with van der Waals surface area (Å²) in [6.07, 6.45) is 9.51. The Labute approximate surface area is 135 Å². The SMILES string of the molecule is c1ncc(CN(Cc2ccsc2)[C@@H]2CC23CCNCC3)cn1.